The lowest BCUT2D eigenvalue weighted by molar-refractivity contribution is -0.148. The lowest BCUT2D eigenvalue weighted by Gasteiger charge is -2.26. The van der Waals surface area contributed by atoms with Crippen molar-refractivity contribution in [2.45, 2.75) is 41.9 Å². The van der Waals surface area contributed by atoms with E-state index in [1.165, 1.54) is 12.1 Å². The van der Waals surface area contributed by atoms with Crippen LogP contribution in [0.2, 0.25) is 0 Å². The normalized spacial score (nSPS) is 15.9. The van der Waals surface area contributed by atoms with Crippen molar-refractivity contribution in [1.82, 2.24) is 15.0 Å². The number of nitrogens with two attached hydrogens (primary N) is 1. The minimum atomic E-state index is -3.89. The van der Waals surface area contributed by atoms with Gasteiger partial charge < -0.3 is 15.4 Å². The molecular weight excluding hydrogens is 382 g/mol. The fourth-order valence-corrected chi connectivity index (χ4v) is 5.38. The lowest BCUT2D eigenvalue weighted by Crippen LogP contribution is -2.45. The number of anilines is 2. The van der Waals surface area contributed by atoms with E-state index >= 15 is 0 Å². The second kappa shape index (κ2) is 7.70. The van der Waals surface area contributed by atoms with Gasteiger partial charge in [-0.15, -0.1) is 0 Å². The van der Waals surface area contributed by atoms with Gasteiger partial charge in [0.05, 0.1) is 4.90 Å². The molecule has 1 aromatic heterocycles. The highest BCUT2D eigenvalue weighted by atomic mass is 32.2. The van der Waals surface area contributed by atoms with E-state index in [-0.39, 0.29) is 36.1 Å². The van der Waals surface area contributed by atoms with Crippen LogP contribution < -0.4 is 10.6 Å². The van der Waals surface area contributed by atoms with Crippen molar-refractivity contribution < 1.29 is 17.9 Å². The van der Waals surface area contributed by atoms with Crippen LogP contribution in [0.15, 0.2) is 35.2 Å². The minimum Gasteiger partial charge on any atom is -0.456 e. The molecular formula is C18H23N5O4S. The van der Waals surface area contributed by atoms with Gasteiger partial charge in [-0.05, 0) is 25.0 Å². The number of sulfone groups is 1. The molecule has 1 heterocycles. The lowest BCUT2D eigenvalue weighted by atomic mass is 10.1. The summed E-state index contributed by atoms with van der Waals surface area (Å²) in [5.74, 6) is -0.294. The van der Waals surface area contributed by atoms with Gasteiger partial charge >= 0.3 is 5.97 Å². The molecule has 150 valence electrons. The Balaban J connectivity index is 1.85. The van der Waals surface area contributed by atoms with Crippen LogP contribution in [-0.2, 0) is 26.0 Å². The third kappa shape index (κ3) is 3.64. The van der Waals surface area contributed by atoms with Crippen molar-refractivity contribution in [2.24, 2.45) is 0 Å². The average molecular weight is 405 g/mol. The zero-order chi connectivity index (χ0) is 20.4. The number of nitrogens with zero attached hydrogens (tertiary/aromatic N) is 4. The Labute approximate surface area is 163 Å². The number of carbonyl (C=O) groups is 1. The Morgan fingerprint density at radius 3 is 2.39 bits per heavy atom. The largest absolute Gasteiger partial charge is 0.456 e. The number of esters is 1. The number of nitrogen functional groups attached to an aromatic ring is 1. The first-order valence-corrected chi connectivity index (χ1v) is 10.4. The summed E-state index contributed by atoms with van der Waals surface area (Å²) in [5.41, 5.74) is 5.67. The van der Waals surface area contributed by atoms with Crippen molar-refractivity contribution in [3.8, 4) is 0 Å². The molecule has 28 heavy (non-hydrogen) atoms. The van der Waals surface area contributed by atoms with E-state index in [1.54, 1.807) is 37.2 Å². The zero-order valence-electron chi connectivity index (χ0n) is 15.8. The number of carbonyl (C=O) groups excluding carboxylic acids is 1. The van der Waals surface area contributed by atoms with E-state index in [9.17, 15) is 13.2 Å². The summed E-state index contributed by atoms with van der Waals surface area (Å²) in [7, 11) is -0.413. The predicted octanol–water partition coefficient (Wildman–Crippen LogP) is 1.35. The molecule has 9 nitrogen and oxygen atoms in total. The molecule has 2 N–H and O–H groups in total. The number of benzene rings is 1. The van der Waals surface area contributed by atoms with Crippen LogP contribution in [0.3, 0.4) is 0 Å². The molecule has 0 atom stereocenters. The van der Waals surface area contributed by atoms with Crippen molar-refractivity contribution >= 4 is 27.7 Å². The molecule has 0 radical (unpaired) electrons. The van der Waals surface area contributed by atoms with Gasteiger partial charge in [0, 0.05) is 14.1 Å². The molecule has 0 spiro atoms. The first kappa shape index (κ1) is 20.0. The Morgan fingerprint density at radius 2 is 1.79 bits per heavy atom. The summed E-state index contributed by atoms with van der Waals surface area (Å²) in [6.07, 6.45) is 1.74. The molecule has 1 aliphatic rings. The van der Waals surface area contributed by atoms with Crippen LogP contribution in [0.25, 0.3) is 0 Å². The SMILES string of the molecule is CN(C)c1nc(N)nc(COC(=O)C2(S(=O)(=O)c3ccccc3)CCCC2)n1. The first-order chi connectivity index (χ1) is 13.3. The number of ether oxygens (including phenoxy) is 1. The smallest absolute Gasteiger partial charge is 0.328 e. The van der Waals surface area contributed by atoms with Gasteiger partial charge in [0.15, 0.2) is 27.0 Å². The molecule has 0 bridgehead atoms. The first-order valence-electron chi connectivity index (χ1n) is 8.91. The number of aromatic nitrogens is 3. The highest BCUT2D eigenvalue weighted by Gasteiger charge is 2.54. The Morgan fingerprint density at radius 1 is 1.14 bits per heavy atom. The van der Waals surface area contributed by atoms with Gasteiger partial charge in [0.2, 0.25) is 11.9 Å². The Kier molecular flexibility index (Phi) is 5.50. The van der Waals surface area contributed by atoms with Gasteiger partial charge in [-0.1, -0.05) is 31.0 Å². The predicted molar refractivity (Wildman–Crippen MR) is 103 cm³/mol. The van der Waals surface area contributed by atoms with Gasteiger partial charge in [-0.3, -0.25) is 4.79 Å². The Hall–Kier alpha value is -2.75. The van der Waals surface area contributed by atoms with Crippen LogP contribution in [0.5, 0.6) is 0 Å². The third-order valence-corrected chi connectivity index (χ3v) is 7.27. The van der Waals surface area contributed by atoms with Crippen molar-refractivity contribution in [1.29, 1.82) is 0 Å². The van der Waals surface area contributed by atoms with Crippen LogP contribution >= 0.6 is 0 Å². The van der Waals surface area contributed by atoms with Crippen molar-refractivity contribution in [3.05, 3.63) is 36.2 Å². The third-order valence-electron chi connectivity index (χ3n) is 4.77. The summed E-state index contributed by atoms with van der Waals surface area (Å²) < 4.78 is 30.3. The fraction of sp³-hybridized carbons (Fsp3) is 0.444. The molecule has 10 heteroatoms. The Bertz CT molecular complexity index is 957. The summed E-state index contributed by atoms with van der Waals surface area (Å²) in [4.78, 5) is 26.8. The molecule has 0 unspecified atom stereocenters. The summed E-state index contributed by atoms with van der Waals surface area (Å²) in [6, 6.07) is 8.00. The van der Waals surface area contributed by atoms with Crippen molar-refractivity contribution in [3.63, 3.8) is 0 Å². The zero-order valence-corrected chi connectivity index (χ0v) is 16.6. The maximum atomic E-state index is 13.2. The van der Waals surface area contributed by atoms with Crippen LogP contribution in [0, 0.1) is 0 Å². The van der Waals surface area contributed by atoms with Gasteiger partial charge in [0.25, 0.3) is 0 Å². The molecule has 1 aliphatic carbocycles. The fourth-order valence-electron chi connectivity index (χ4n) is 3.31. The maximum Gasteiger partial charge on any atom is 0.328 e. The van der Waals surface area contributed by atoms with E-state index in [4.69, 9.17) is 10.5 Å². The molecule has 2 aromatic rings. The van der Waals surface area contributed by atoms with Crippen LogP contribution in [-0.4, -0.2) is 48.2 Å². The average Bonchev–Trinajstić information content (AvgIpc) is 3.18. The van der Waals surface area contributed by atoms with Crippen LogP contribution in [0.4, 0.5) is 11.9 Å². The highest BCUT2D eigenvalue weighted by Crippen LogP contribution is 2.41. The van der Waals surface area contributed by atoms with E-state index in [0.29, 0.717) is 18.8 Å². The number of rotatable bonds is 6. The molecule has 1 aromatic carbocycles. The van der Waals surface area contributed by atoms with Crippen LogP contribution in [0.1, 0.15) is 31.5 Å². The topological polar surface area (TPSA) is 128 Å². The van der Waals surface area contributed by atoms with E-state index in [2.05, 4.69) is 15.0 Å². The minimum absolute atomic E-state index is 0.00256. The van der Waals surface area contributed by atoms with Crippen molar-refractivity contribution in [2.75, 3.05) is 24.7 Å². The molecule has 0 aliphatic heterocycles. The van der Waals surface area contributed by atoms with Gasteiger partial charge in [-0.2, -0.15) is 15.0 Å². The van der Waals surface area contributed by atoms with Gasteiger partial charge in [-0.25, -0.2) is 8.42 Å². The molecule has 1 saturated carbocycles. The molecule has 3 rings (SSSR count). The monoisotopic (exact) mass is 405 g/mol. The summed E-state index contributed by atoms with van der Waals surface area (Å²) >= 11 is 0. The molecule has 1 fully saturated rings. The quantitative estimate of drug-likeness (QED) is 0.708. The van der Waals surface area contributed by atoms with E-state index in [0.717, 1.165) is 0 Å². The summed E-state index contributed by atoms with van der Waals surface area (Å²) in [5, 5.41) is 0. The second-order valence-corrected chi connectivity index (χ2v) is 9.16. The standard InChI is InChI=1S/C18H23N5O4S/c1-23(2)17-21-14(20-16(19)22-17)12-27-15(24)18(10-6-7-11-18)28(25,26)13-8-4-3-5-9-13/h3-5,8-9H,6-7,10-12H2,1-2H3,(H2,19,20,21,22). The maximum absolute atomic E-state index is 13.2. The number of hydrogen-bond acceptors (Lipinski definition) is 9. The number of hydrogen-bond donors (Lipinski definition) is 1. The second-order valence-electron chi connectivity index (χ2n) is 6.90. The highest BCUT2D eigenvalue weighted by molar-refractivity contribution is 7.93. The van der Waals surface area contributed by atoms with E-state index in [1.807, 2.05) is 0 Å². The molecule has 0 saturated heterocycles. The van der Waals surface area contributed by atoms with Gasteiger partial charge in [0.1, 0.15) is 0 Å². The summed E-state index contributed by atoms with van der Waals surface area (Å²) in [6.45, 7) is -0.279. The molecule has 0 amide bonds. The van der Waals surface area contributed by atoms with E-state index < -0.39 is 20.6 Å².